The smallest absolute Gasteiger partial charge is 0.339 e. The molecule has 5 aliphatic rings. The van der Waals surface area contributed by atoms with Gasteiger partial charge in [-0.3, -0.25) is 14.4 Å². The van der Waals surface area contributed by atoms with Crippen LogP contribution in [0.1, 0.15) is 59.3 Å². The predicted molar refractivity (Wildman–Crippen MR) is 105 cm³/mol. The summed E-state index contributed by atoms with van der Waals surface area (Å²) in [4.78, 5) is 53.9. The average molecular weight is 406 g/mol. The average Bonchev–Trinajstić information content (AvgIpc) is 2.75. The second-order valence-electron chi connectivity index (χ2n) is 10.9. The van der Waals surface area contributed by atoms with Gasteiger partial charge >= 0.3 is 17.8 Å². The van der Waals surface area contributed by atoms with Crippen molar-refractivity contribution in [2.75, 3.05) is 20.3 Å². The van der Waals surface area contributed by atoms with Crippen LogP contribution in [0.4, 0.5) is 4.79 Å². The summed E-state index contributed by atoms with van der Waals surface area (Å²) in [7, 11) is 1.75. The number of nitrogens with one attached hydrogen (secondary N) is 2. The van der Waals surface area contributed by atoms with E-state index >= 15 is 0 Å². The van der Waals surface area contributed by atoms with Crippen LogP contribution < -0.4 is 10.2 Å². The summed E-state index contributed by atoms with van der Waals surface area (Å²) >= 11 is 0. The van der Waals surface area contributed by atoms with Crippen LogP contribution in [0.15, 0.2) is 0 Å². The molecule has 2 N–H and O–H groups in total. The zero-order chi connectivity index (χ0) is 21.1. The fourth-order valence-corrected chi connectivity index (χ4v) is 6.46. The monoisotopic (exact) mass is 405 g/mol. The Hall–Kier alpha value is -1.96. The second kappa shape index (κ2) is 6.79. The fraction of sp³-hybridized carbons (Fsp3) is 0.810. The third kappa shape index (κ3) is 3.67. The minimum atomic E-state index is -0.749. The largest absolute Gasteiger partial charge is 0.347 e. The number of hydrogen-bond acceptors (Lipinski definition) is 4. The molecule has 0 aromatic carbocycles. The van der Waals surface area contributed by atoms with Gasteiger partial charge in [0, 0.05) is 5.54 Å². The molecular weight excluding hydrogens is 372 g/mol. The SMILES string of the molecule is C[NH+](CC(=O)NC(C)(C)C)CN1C(=O)C(=O)N(C23CC4CC(CC(C4)C2)C3)C1=O. The van der Waals surface area contributed by atoms with Crippen LogP contribution in [0.25, 0.3) is 0 Å². The van der Waals surface area contributed by atoms with E-state index in [0.717, 1.165) is 24.2 Å². The van der Waals surface area contributed by atoms with E-state index in [2.05, 4.69) is 5.32 Å². The van der Waals surface area contributed by atoms with Crippen molar-refractivity contribution < 1.29 is 24.1 Å². The van der Waals surface area contributed by atoms with Gasteiger partial charge in [-0.25, -0.2) is 14.6 Å². The van der Waals surface area contributed by atoms with Gasteiger partial charge in [-0.1, -0.05) is 0 Å². The zero-order valence-electron chi connectivity index (χ0n) is 17.9. The highest BCUT2D eigenvalue weighted by Gasteiger charge is 2.61. The maximum Gasteiger partial charge on any atom is 0.339 e. The molecule has 0 radical (unpaired) electrons. The lowest BCUT2D eigenvalue weighted by atomic mass is 9.52. The molecule has 1 heterocycles. The minimum Gasteiger partial charge on any atom is -0.347 e. The summed E-state index contributed by atoms with van der Waals surface area (Å²) < 4.78 is 0. The Kier molecular flexibility index (Phi) is 4.76. The molecule has 4 saturated carbocycles. The Morgan fingerprint density at radius 3 is 2.03 bits per heavy atom. The first kappa shape index (κ1) is 20.3. The molecule has 1 aliphatic heterocycles. The van der Waals surface area contributed by atoms with Gasteiger partial charge in [0.2, 0.25) is 0 Å². The fourth-order valence-electron chi connectivity index (χ4n) is 6.46. The minimum absolute atomic E-state index is 0.0177. The number of urea groups is 1. The van der Waals surface area contributed by atoms with Crippen LogP contribution in [-0.4, -0.2) is 64.9 Å². The molecule has 0 aromatic heterocycles. The number of rotatable bonds is 5. The van der Waals surface area contributed by atoms with E-state index in [0.29, 0.717) is 22.7 Å². The lowest BCUT2D eigenvalue weighted by Gasteiger charge is -2.58. The van der Waals surface area contributed by atoms with Crippen LogP contribution in [0.2, 0.25) is 0 Å². The molecule has 4 bridgehead atoms. The molecule has 5 rings (SSSR count). The van der Waals surface area contributed by atoms with Crippen molar-refractivity contribution in [1.29, 1.82) is 0 Å². The molecule has 5 amide bonds. The van der Waals surface area contributed by atoms with Crippen molar-refractivity contribution in [3.63, 3.8) is 0 Å². The number of carbonyl (C=O) groups is 4. The van der Waals surface area contributed by atoms with Crippen molar-refractivity contribution in [1.82, 2.24) is 15.1 Å². The molecule has 5 fully saturated rings. The number of nitrogens with zero attached hydrogens (tertiary/aromatic N) is 2. The summed E-state index contributed by atoms with van der Waals surface area (Å²) in [5, 5.41) is 2.88. The van der Waals surface area contributed by atoms with E-state index in [1.165, 1.54) is 24.2 Å². The molecule has 29 heavy (non-hydrogen) atoms. The normalized spacial score (nSPS) is 34.9. The Labute approximate surface area is 171 Å². The molecule has 8 heteroatoms. The van der Waals surface area contributed by atoms with Gasteiger partial charge in [-0.2, -0.15) is 0 Å². The molecule has 1 unspecified atom stereocenters. The van der Waals surface area contributed by atoms with Crippen molar-refractivity contribution in [3.05, 3.63) is 0 Å². The van der Waals surface area contributed by atoms with Gasteiger partial charge < -0.3 is 10.2 Å². The summed E-state index contributed by atoms with van der Waals surface area (Å²) in [5.41, 5.74) is -0.813. The zero-order valence-corrected chi connectivity index (χ0v) is 17.9. The number of likely N-dealkylation sites (N-methyl/N-ethyl adjacent to an activating group) is 1. The standard InChI is InChI=1S/C21H32N4O4/c1-20(2,3)22-16(26)11-23(4)12-24-17(27)18(28)25(19(24)29)21-8-13-5-14(9-21)7-15(6-13)10-21/h13-15H,5-12H2,1-4H3,(H,22,26)/p+1. The number of hydrogen-bond donors (Lipinski definition) is 2. The van der Waals surface area contributed by atoms with Gasteiger partial charge in [0.1, 0.15) is 0 Å². The van der Waals surface area contributed by atoms with Crippen LogP contribution >= 0.6 is 0 Å². The Bertz CT molecular complexity index is 721. The number of quaternary nitrogens is 1. The number of carbonyl (C=O) groups excluding carboxylic acids is 4. The summed E-state index contributed by atoms with van der Waals surface area (Å²) in [5.74, 6) is 0.129. The van der Waals surface area contributed by atoms with E-state index in [-0.39, 0.29) is 24.7 Å². The maximum absolute atomic E-state index is 13.2. The molecular formula is C21H33N4O4+. The Balaban J connectivity index is 1.46. The summed E-state index contributed by atoms with van der Waals surface area (Å²) in [6, 6.07) is -0.488. The van der Waals surface area contributed by atoms with E-state index in [1.54, 1.807) is 7.05 Å². The maximum atomic E-state index is 13.2. The first-order valence-electron chi connectivity index (χ1n) is 10.8. The summed E-state index contributed by atoms with van der Waals surface area (Å²) in [6.45, 7) is 5.84. The highest BCUT2D eigenvalue weighted by atomic mass is 16.2. The molecule has 1 saturated heterocycles. The lowest BCUT2D eigenvalue weighted by molar-refractivity contribution is -0.879. The van der Waals surface area contributed by atoms with Crippen LogP contribution in [0, 0.1) is 17.8 Å². The molecule has 160 valence electrons. The highest BCUT2D eigenvalue weighted by Crippen LogP contribution is 2.58. The van der Waals surface area contributed by atoms with Gasteiger partial charge in [-0.05, 0) is 77.0 Å². The topological polar surface area (TPSA) is 91.2 Å². The molecule has 4 aliphatic carbocycles. The quantitative estimate of drug-likeness (QED) is 0.503. The lowest BCUT2D eigenvalue weighted by Crippen LogP contribution is -3.12. The third-order valence-electron chi connectivity index (χ3n) is 6.94. The van der Waals surface area contributed by atoms with E-state index in [1.807, 2.05) is 20.8 Å². The highest BCUT2D eigenvalue weighted by molar-refractivity contribution is 6.44. The molecule has 1 atom stereocenters. The Morgan fingerprint density at radius 1 is 1.03 bits per heavy atom. The first-order valence-corrected chi connectivity index (χ1v) is 10.8. The molecule has 0 spiro atoms. The first-order chi connectivity index (χ1) is 13.5. The predicted octanol–water partition coefficient (Wildman–Crippen LogP) is 0.133. The van der Waals surface area contributed by atoms with E-state index in [9.17, 15) is 19.2 Å². The van der Waals surface area contributed by atoms with Crippen molar-refractivity contribution in [2.45, 2.75) is 70.4 Å². The van der Waals surface area contributed by atoms with E-state index in [4.69, 9.17) is 0 Å². The third-order valence-corrected chi connectivity index (χ3v) is 6.94. The Morgan fingerprint density at radius 2 is 1.55 bits per heavy atom. The van der Waals surface area contributed by atoms with Crippen LogP contribution in [0.5, 0.6) is 0 Å². The van der Waals surface area contributed by atoms with Gasteiger partial charge in [0.25, 0.3) is 5.91 Å². The van der Waals surface area contributed by atoms with Crippen LogP contribution in [0.3, 0.4) is 0 Å². The van der Waals surface area contributed by atoms with Crippen molar-refractivity contribution >= 4 is 23.8 Å². The van der Waals surface area contributed by atoms with Gasteiger partial charge in [-0.15, -0.1) is 0 Å². The van der Waals surface area contributed by atoms with Crippen molar-refractivity contribution in [2.24, 2.45) is 17.8 Å². The molecule has 8 nitrogen and oxygen atoms in total. The summed E-state index contributed by atoms with van der Waals surface area (Å²) in [6.07, 6.45) is 6.12. The van der Waals surface area contributed by atoms with Gasteiger partial charge in [0.15, 0.2) is 13.2 Å². The number of imide groups is 2. The second-order valence-corrected chi connectivity index (χ2v) is 10.9. The van der Waals surface area contributed by atoms with E-state index < -0.39 is 23.4 Å². The molecule has 0 aromatic rings. The van der Waals surface area contributed by atoms with Crippen molar-refractivity contribution in [3.8, 4) is 0 Å². The van der Waals surface area contributed by atoms with Gasteiger partial charge in [0.05, 0.1) is 12.6 Å². The number of amides is 5. The van der Waals surface area contributed by atoms with Crippen LogP contribution in [-0.2, 0) is 14.4 Å².